The number of piperidine rings is 1. The molecule has 92 valence electrons. The second-order valence-corrected chi connectivity index (χ2v) is 6.10. The summed E-state index contributed by atoms with van der Waals surface area (Å²) < 4.78 is 0. The van der Waals surface area contributed by atoms with Crippen molar-refractivity contribution in [3.63, 3.8) is 0 Å². The maximum atomic E-state index is 11.7. The first-order valence-electron chi connectivity index (χ1n) is 6.40. The van der Waals surface area contributed by atoms with Crippen LogP contribution in [0.25, 0.3) is 0 Å². The molecule has 0 aliphatic carbocycles. The highest BCUT2D eigenvalue weighted by Crippen LogP contribution is 2.22. The monoisotopic (exact) mass is 242 g/mol. The lowest BCUT2D eigenvalue weighted by atomic mass is 9.96. The smallest absolute Gasteiger partial charge is 0.220 e. The van der Waals surface area contributed by atoms with Gasteiger partial charge in [-0.1, -0.05) is 0 Å². The minimum Gasteiger partial charge on any atom is -0.356 e. The highest BCUT2D eigenvalue weighted by Gasteiger charge is 2.19. The summed E-state index contributed by atoms with van der Waals surface area (Å²) in [6.45, 7) is 3.04. The van der Waals surface area contributed by atoms with Gasteiger partial charge in [-0.15, -0.1) is 0 Å². The average Bonchev–Trinajstić information content (AvgIpc) is 2.81. The third kappa shape index (κ3) is 3.98. The molecule has 2 fully saturated rings. The van der Waals surface area contributed by atoms with Gasteiger partial charge < -0.3 is 10.6 Å². The first-order valence-corrected chi connectivity index (χ1v) is 7.55. The second kappa shape index (κ2) is 6.50. The van der Waals surface area contributed by atoms with Crippen LogP contribution in [0.5, 0.6) is 0 Å². The van der Waals surface area contributed by atoms with E-state index in [0.29, 0.717) is 12.3 Å². The third-order valence-electron chi connectivity index (χ3n) is 3.48. The Morgan fingerprint density at radius 3 is 3.00 bits per heavy atom. The summed E-state index contributed by atoms with van der Waals surface area (Å²) in [6.07, 6.45) is 4.42. The van der Waals surface area contributed by atoms with E-state index in [9.17, 15) is 4.79 Å². The van der Waals surface area contributed by atoms with Crippen molar-refractivity contribution in [3.8, 4) is 0 Å². The highest BCUT2D eigenvalue weighted by molar-refractivity contribution is 7.99. The van der Waals surface area contributed by atoms with E-state index in [1.807, 2.05) is 11.8 Å². The molecule has 0 saturated carbocycles. The zero-order valence-corrected chi connectivity index (χ0v) is 10.7. The van der Waals surface area contributed by atoms with Gasteiger partial charge in [0.1, 0.15) is 0 Å². The zero-order chi connectivity index (χ0) is 11.2. The summed E-state index contributed by atoms with van der Waals surface area (Å²) in [5, 5.41) is 6.45. The Balaban J connectivity index is 1.59. The Labute approximate surface area is 102 Å². The molecule has 0 spiro atoms. The summed E-state index contributed by atoms with van der Waals surface area (Å²) in [4.78, 5) is 11.7. The van der Waals surface area contributed by atoms with Crippen LogP contribution in [0, 0.1) is 11.8 Å². The van der Waals surface area contributed by atoms with E-state index in [2.05, 4.69) is 10.6 Å². The molecule has 16 heavy (non-hydrogen) atoms. The Hall–Kier alpha value is -0.220. The average molecular weight is 242 g/mol. The lowest BCUT2D eigenvalue weighted by Crippen LogP contribution is -2.35. The van der Waals surface area contributed by atoms with E-state index in [0.717, 1.165) is 25.6 Å². The molecular weight excluding hydrogens is 220 g/mol. The standard InChI is InChI=1S/C12H22N2OS/c15-12(6-10-2-1-4-13-7-10)14-8-11-3-5-16-9-11/h10-11,13H,1-9H2,(H,14,15). The molecule has 4 heteroatoms. The van der Waals surface area contributed by atoms with Crippen molar-refractivity contribution < 1.29 is 4.79 Å². The summed E-state index contributed by atoms with van der Waals surface area (Å²) in [6, 6.07) is 0. The number of hydrogen-bond acceptors (Lipinski definition) is 3. The van der Waals surface area contributed by atoms with Crippen molar-refractivity contribution in [1.82, 2.24) is 10.6 Å². The molecule has 2 saturated heterocycles. The van der Waals surface area contributed by atoms with Crippen LogP contribution < -0.4 is 10.6 Å². The molecular formula is C12H22N2OS. The maximum Gasteiger partial charge on any atom is 0.220 e. The molecule has 2 atom stereocenters. The minimum atomic E-state index is 0.255. The number of thioether (sulfide) groups is 1. The maximum absolute atomic E-state index is 11.7. The van der Waals surface area contributed by atoms with Gasteiger partial charge in [0, 0.05) is 13.0 Å². The number of rotatable bonds is 4. The molecule has 2 rings (SSSR count). The minimum absolute atomic E-state index is 0.255. The number of nitrogens with one attached hydrogen (secondary N) is 2. The van der Waals surface area contributed by atoms with Crippen LogP contribution in [0.2, 0.25) is 0 Å². The molecule has 2 unspecified atom stereocenters. The topological polar surface area (TPSA) is 41.1 Å². The fourth-order valence-electron chi connectivity index (χ4n) is 2.44. The number of carbonyl (C=O) groups excluding carboxylic acids is 1. The Bertz CT molecular complexity index is 223. The van der Waals surface area contributed by atoms with Gasteiger partial charge in [0.05, 0.1) is 0 Å². The molecule has 0 aromatic heterocycles. The Morgan fingerprint density at radius 1 is 1.38 bits per heavy atom. The zero-order valence-electron chi connectivity index (χ0n) is 9.84. The van der Waals surface area contributed by atoms with Gasteiger partial charge in [0.2, 0.25) is 5.91 Å². The van der Waals surface area contributed by atoms with Crippen LogP contribution in [0.4, 0.5) is 0 Å². The summed E-state index contributed by atoms with van der Waals surface area (Å²) in [7, 11) is 0. The number of hydrogen-bond donors (Lipinski definition) is 2. The molecule has 2 aliphatic heterocycles. The Kier molecular flexibility index (Phi) is 4.97. The number of carbonyl (C=O) groups is 1. The third-order valence-corrected chi connectivity index (χ3v) is 4.72. The van der Waals surface area contributed by atoms with E-state index < -0.39 is 0 Å². The molecule has 0 aromatic rings. The van der Waals surface area contributed by atoms with Gasteiger partial charge in [-0.2, -0.15) is 11.8 Å². The quantitative estimate of drug-likeness (QED) is 0.779. The van der Waals surface area contributed by atoms with Gasteiger partial charge in [-0.05, 0) is 55.7 Å². The van der Waals surface area contributed by atoms with E-state index in [1.54, 1.807) is 0 Å². The van der Waals surface area contributed by atoms with Crippen LogP contribution in [-0.4, -0.2) is 37.0 Å². The normalized spacial score (nSPS) is 30.2. The van der Waals surface area contributed by atoms with Crippen molar-refractivity contribution in [2.75, 3.05) is 31.1 Å². The molecule has 0 bridgehead atoms. The lowest BCUT2D eigenvalue weighted by molar-refractivity contribution is -0.122. The number of amides is 1. The van der Waals surface area contributed by atoms with Crippen LogP contribution >= 0.6 is 11.8 Å². The molecule has 0 aromatic carbocycles. The van der Waals surface area contributed by atoms with Crippen molar-refractivity contribution in [3.05, 3.63) is 0 Å². The molecule has 2 N–H and O–H groups in total. The molecule has 1 amide bonds. The van der Waals surface area contributed by atoms with Crippen molar-refractivity contribution in [2.24, 2.45) is 11.8 Å². The van der Waals surface area contributed by atoms with Crippen LogP contribution in [-0.2, 0) is 4.79 Å². The molecule has 3 nitrogen and oxygen atoms in total. The summed E-state index contributed by atoms with van der Waals surface area (Å²) in [5.74, 6) is 4.04. The summed E-state index contributed by atoms with van der Waals surface area (Å²) in [5.41, 5.74) is 0. The van der Waals surface area contributed by atoms with Gasteiger partial charge in [0.25, 0.3) is 0 Å². The largest absolute Gasteiger partial charge is 0.356 e. The first kappa shape index (κ1) is 12.2. The van der Waals surface area contributed by atoms with E-state index in [-0.39, 0.29) is 5.91 Å². The van der Waals surface area contributed by atoms with E-state index >= 15 is 0 Å². The Morgan fingerprint density at radius 2 is 2.31 bits per heavy atom. The van der Waals surface area contributed by atoms with E-state index in [1.165, 1.54) is 30.8 Å². The summed E-state index contributed by atoms with van der Waals surface area (Å²) >= 11 is 2.01. The van der Waals surface area contributed by atoms with Crippen LogP contribution in [0.1, 0.15) is 25.7 Å². The lowest BCUT2D eigenvalue weighted by Gasteiger charge is -2.22. The molecule has 2 heterocycles. The van der Waals surface area contributed by atoms with Crippen LogP contribution in [0.15, 0.2) is 0 Å². The van der Waals surface area contributed by atoms with Crippen molar-refractivity contribution in [1.29, 1.82) is 0 Å². The molecule has 0 radical (unpaired) electrons. The second-order valence-electron chi connectivity index (χ2n) is 4.95. The van der Waals surface area contributed by atoms with Gasteiger partial charge in [-0.25, -0.2) is 0 Å². The fourth-order valence-corrected chi connectivity index (χ4v) is 3.72. The van der Waals surface area contributed by atoms with Gasteiger partial charge in [-0.3, -0.25) is 4.79 Å². The molecule has 2 aliphatic rings. The van der Waals surface area contributed by atoms with Gasteiger partial charge in [0.15, 0.2) is 0 Å². The van der Waals surface area contributed by atoms with E-state index in [4.69, 9.17) is 0 Å². The van der Waals surface area contributed by atoms with Gasteiger partial charge >= 0.3 is 0 Å². The fraction of sp³-hybridized carbons (Fsp3) is 0.917. The predicted octanol–water partition coefficient (Wildman–Crippen LogP) is 1.25. The van der Waals surface area contributed by atoms with Crippen molar-refractivity contribution in [2.45, 2.75) is 25.7 Å². The van der Waals surface area contributed by atoms with Crippen LogP contribution in [0.3, 0.4) is 0 Å². The van der Waals surface area contributed by atoms with Crippen molar-refractivity contribution >= 4 is 17.7 Å². The SMILES string of the molecule is O=C(CC1CCCNC1)NCC1CCSC1. The highest BCUT2D eigenvalue weighted by atomic mass is 32.2. The predicted molar refractivity (Wildman–Crippen MR) is 68.7 cm³/mol. The first-order chi connectivity index (χ1) is 7.84.